The van der Waals surface area contributed by atoms with Crippen LogP contribution in [0.1, 0.15) is 11.3 Å². The van der Waals surface area contributed by atoms with Gasteiger partial charge >= 0.3 is 11.9 Å². The van der Waals surface area contributed by atoms with Crippen LogP contribution in [0.15, 0.2) is 57.1 Å². The summed E-state index contributed by atoms with van der Waals surface area (Å²) in [6, 6.07) is 10.4. The second kappa shape index (κ2) is 8.31. The number of furan rings is 1. The van der Waals surface area contributed by atoms with Crippen LogP contribution in [0.4, 0.5) is 10.5 Å². The standard InChI is InChI=1S/C21H19N5O4S/c1-12-6-4-7-13(10-12)22-15(27)11-31-19-16-18(25(2)21(29)26(3)20(16)28)23-17(24-19)14-8-5-9-30-14/h4-10,16H,11H2,1-3H3/p+1. The third-order valence-corrected chi connectivity index (χ3v) is 5.86. The highest BCUT2D eigenvalue weighted by molar-refractivity contribution is 8.14. The van der Waals surface area contributed by atoms with E-state index in [0.717, 1.165) is 22.2 Å². The van der Waals surface area contributed by atoms with E-state index in [1.165, 1.54) is 17.9 Å². The number of fused-ring (bicyclic) bond motifs is 1. The lowest BCUT2D eigenvalue weighted by Gasteiger charge is -2.26. The van der Waals surface area contributed by atoms with Crippen molar-refractivity contribution in [1.82, 2.24) is 4.90 Å². The van der Waals surface area contributed by atoms with Crippen LogP contribution in [0.2, 0.25) is 0 Å². The molecule has 0 saturated carbocycles. The third-order valence-electron chi connectivity index (χ3n) is 4.83. The number of urea groups is 1. The maximum absolute atomic E-state index is 12.9. The van der Waals surface area contributed by atoms with E-state index in [0.29, 0.717) is 16.5 Å². The van der Waals surface area contributed by atoms with Crippen molar-refractivity contribution in [2.75, 3.05) is 25.2 Å². The van der Waals surface area contributed by atoms with Gasteiger partial charge in [0.15, 0.2) is 11.7 Å². The Labute approximate surface area is 182 Å². The molecule has 4 amide bonds. The number of aliphatic imine (C=N–C) groups is 2. The van der Waals surface area contributed by atoms with E-state index in [1.807, 2.05) is 25.1 Å². The summed E-state index contributed by atoms with van der Waals surface area (Å²) in [5.41, 5.74) is 1.73. The van der Waals surface area contributed by atoms with Crippen LogP contribution < -0.4 is 5.32 Å². The third kappa shape index (κ3) is 4.06. The molecule has 158 valence electrons. The highest BCUT2D eigenvalue weighted by atomic mass is 32.2. The molecule has 0 aliphatic carbocycles. The number of aryl methyl sites for hydroxylation is 1. The highest BCUT2D eigenvalue weighted by Crippen LogP contribution is 2.26. The number of benzene rings is 1. The Bertz CT molecular complexity index is 1170. The van der Waals surface area contributed by atoms with Crippen molar-refractivity contribution in [2.24, 2.45) is 15.9 Å². The van der Waals surface area contributed by atoms with Crippen molar-refractivity contribution in [3.05, 3.63) is 54.0 Å². The van der Waals surface area contributed by atoms with Gasteiger partial charge in [-0.3, -0.25) is 9.59 Å². The predicted octanol–water partition coefficient (Wildman–Crippen LogP) is 2.37. The summed E-state index contributed by atoms with van der Waals surface area (Å²) >= 11 is 1.13. The van der Waals surface area contributed by atoms with Gasteiger partial charge in [0.05, 0.1) is 26.1 Å². The second-order valence-electron chi connectivity index (χ2n) is 7.10. The van der Waals surface area contributed by atoms with Gasteiger partial charge in [-0.05, 0) is 36.8 Å². The number of amidine groups is 2. The summed E-state index contributed by atoms with van der Waals surface area (Å²) in [6.07, 6.45) is 1.49. The topological polar surface area (TPSA) is 107 Å². The molecule has 3 heterocycles. The van der Waals surface area contributed by atoms with Gasteiger partial charge in [0, 0.05) is 5.69 Å². The quantitative estimate of drug-likeness (QED) is 0.738. The Morgan fingerprint density at radius 1 is 1.26 bits per heavy atom. The minimum Gasteiger partial charge on any atom is -0.459 e. The zero-order valence-corrected chi connectivity index (χ0v) is 18.0. The number of hydrogen-bond donors (Lipinski definition) is 1. The zero-order chi connectivity index (χ0) is 22.1. The molecule has 0 spiro atoms. The smallest absolute Gasteiger partial charge is 0.445 e. The first-order valence-corrected chi connectivity index (χ1v) is 10.5. The second-order valence-corrected chi connectivity index (χ2v) is 8.09. The Hall–Kier alpha value is -3.53. The molecular formula is C21H20N5O4S+. The van der Waals surface area contributed by atoms with Gasteiger partial charge in [0.2, 0.25) is 5.91 Å². The van der Waals surface area contributed by atoms with Crippen LogP contribution in [-0.2, 0) is 9.59 Å². The van der Waals surface area contributed by atoms with Crippen LogP contribution in [0.3, 0.4) is 0 Å². The molecule has 10 heteroatoms. The first-order chi connectivity index (χ1) is 14.8. The van der Waals surface area contributed by atoms with Crippen molar-refractivity contribution in [3.63, 3.8) is 0 Å². The fourth-order valence-electron chi connectivity index (χ4n) is 3.26. The van der Waals surface area contributed by atoms with E-state index < -0.39 is 17.9 Å². The molecule has 2 aliphatic heterocycles. The molecule has 1 atom stereocenters. The fourth-order valence-corrected chi connectivity index (χ4v) is 4.14. The first-order valence-electron chi connectivity index (χ1n) is 9.47. The summed E-state index contributed by atoms with van der Waals surface area (Å²) in [6.45, 7) is 1.94. The van der Waals surface area contributed by atoms with Crippen LogP contribution >= 0.6 is 11.8 Å². The number of imide groups is 1. The number of hydrogen-bond acceptors (Lipinski definition) is 7. The summed E-state index contributed by atoms with van der Waals surface area (Å²) in [5.74, 6) is -0.584. The summed E-state index contributed by atoms with van der Waals surface area (Å²) in [4.78, 5) is 47.7. The lowest BCUT2D eigenvalue weighted by molar-refractivity contribution is -0.407. The van der Waals surface area contributed by atoms with E-state index >= 15 is 0 Å². The van der Waals surface area contributed by atoms with Crippen molar-refractivity contribution >= 4 is 52.0 Å². The van der Waals surface area contributed by atoms with Crippen molar-refractivity contribution in [2.45, 2.75) is 6.92 Å². The zero-order valence-electron chi connectivity index (χ0n) is 17.2. The molecule has 1 aromatic heterocycles. The Kier molecular flexibility index (Phi) is 5.55. The number of amides is 4. The van der Waals surface area contributed by atoms with Crippen LogP contribution in [0.5, 0.6) is 0 Å². The van der Waals surface area contributed by atoms with Gasteiger partial charge in [-0.15, -0.1) is 0 Å². The van der Waals surface area contributed by atoms with Gasteiger partial charge in [0.25, 0.3) is 11.7 Å². The van der Waals surface area contributed by atoms with E-state index in [9.17, 15) is 14.4 Å². The van der Waals surface area contributed by atoms with Gasteiger partial charge in [0.1, 0.15) is 5.04 Å². The number of thioether (sulfide) groups is 1. The van der Waals surface area contributed by atoms with Gasteiger partial charge in [-0.2, -0.15) is 9.48 Å². The molecular weight excluding hydrogens is 418 g/mol. The van der Waals surface area contributed by atoms with Crippen molar-refractivity contribution in [3.8, 4) is 0 Å². The monoisotopic (exact) mass is 438 g/mol. The number of anilines is 1. The first kappa shape index (κ1) is 20.7. The molecule has 0 bridgehead atoms. The minimum atomic E-state index is -0.858. The Balaban J connectivity index is 1.61. The normalized spacial score (nSPS) is 18.5. The van der Waals surface area contributed by atoms with E-state index in [4.69, 9.17) is 4.42 Å². The maximum Gasteiger partial charge on any atom is 0.445 e. The van der Waals surface area contributed by atoms with Gasteiger partial charge in [-0.1, -0.05) is 28.9 Å². The van der Waals surface area contributed by atoms with Crippen molar-refractivity contribution < 1.29 is 23.4 Å². The molecule has 1 N–H and O–H groups in total. The number of carbonyl (C=O) groups excluding carboxylic acids is 3. The molecule has 1 aromatic carbocycles. The number of nitrogens with one attached hydrogen (secondary N) is 1. The van der Waals surface area contributed by atoms with E-state index in [2.05, 4.69) is 15.3 Å². The molecule has 0 saturated heterocycles. The number of carbonyl (C=O) groups is 3. The predicted molar refractivity (Wildman–Crippen MR) is 118 cm³/mol. The molecule has 1 unspecified atom stereocenters. The summed E-state index contributed by atoms with van der Waals surface area (Å²) in [7, 11) is 2.96. The summed E-state index contributed by atoms with van der Waals surface area (Å²) in [5, 5.41) is 3.22. The highest BCUT2D eigenvalue weighted by Gasteiger charge is 2.49. The summed E-state index contributed by atoms with van der Waals surface area (Å²) < 4.78 is 6.70. The average Bonchev–Trinajstić information content (AvgIpc) is 3.29. The van der Waals surface area contributed by atoms with Crippen LogP contribution in [0, 0.1) is 12.8 Å². The fraction of sp³-hybridized carbons (Fsp3) is 0.238. The molecule has 9 nitrogen and oxygen atoms in total. The number of nitrogens with zero attached hydrogens (tertiary/aromatic N) is 4. The van der Waals surface area contributed by atoms with Crippen LogP contribution in [0.25, 0.3) is 0 Å². The lowest BCUT2D eigenvalue weighted by atomic mass is 10.0. The van der Waals surface area contributed by atoms with Crippen molar-refractivity contribution in [1.29, 1.82) is 0 Å². The Morgan fingerprint density at radius 3 is 2.77 bits per heavy atom. The minimum absolute atomic E-state index is 0.0383. The maximum atomic E-state index is 12.9. The van der Waals surface area contributed by atoms with Gasteiger partial charge in [-0.25, -0.2) is 9.79 Å². The average molecular weight is 438 g/mol. The van der Waals surface area contributed by atoms with Gasteiger partial charge < -0.3 is 9.73 Å². The molecule has 0 radical (unpaired) electrons. The Morgan fingerprint density at radius 2 is 2.06 bits per heavy atom. The van der Waals surface area contributed by atoms with E-state index in [-0.39, 0.29) is 23.3 Å². The number of rotatable bonds is 4. The lowest BCUT2D eigenvalue weighted by Crippen LogP contribution is -2.54. The molecule has 2 aromatic rings. The SMILES string of the molecule is Cc1cccc(NC(=O)CSC2=NC(c3ccco3)=NC3=[N+](C)C(=O)N(C)C(=O)C23)c1. The molecule has 0 fully saturated rings. The molecule has 4 rings (SSSR count). The van der Waals surface area contributed by atoms with E-state index in [1.54, 1.807) is 25.2 Å². The largest absolute Gasteiger partial charge is 0.459 e. The molecule has 31 heavy (non-hydrogen) atoms. The van der Waals surface area contributed by atoms with Crippen LogP contribution in [-0.4, -0.2) is 63.9 Å². The molecule has 2 aliphatic rings.